The molecule has 0 heterocycles. The summed E-state index contributed by atoms with van der Waals surface area (Å²) in [5.74, 6) is -3.87. The highest BCUT2D eigenvalue weighted by Gasteiger charge is 2.38. The Morgan fingerprint density at radius 2 is 1.62 bits per heavy atom. The number of carboxylic acid groups (broad SMARTS) is 2. The largest absolute Gasteiger partial charge is 0.490 e. The number of halogens is 3. The van der Waals surface area contributed by atoms with Crippen LogP contribution in [0.3, 0.4) is 0 Å². The van der Waals surface area contributed by atoms with Crippen LogP contribution in [0.4, 0.5) is 24.5 Å². The van der Waals surface area contributed by atoms with E-state index in [2.05, 4.69) is 14.9 Å². The van der Waals surface area contributed by atoms with Crippen LogP contribution < -0.4 is 10.0 Å². The molecular formula is C24H30F3N3O6S. The molecule has 204 valence electrons. The number of nitrogens with zero attached hydrogens (tertiary/aromatic N) is 1. The average Bonchev–Trinajstić information content (AvgIpc) is 2.81. The Hall–Kier alpha value is -3.32. The fourth-order valence-corrected chi connectivity index (χ4v) is 5.08. The fraction of sp³-hybridized carbons (Fsp3) is 0.417. The number of carbonyl (C=O) groups is 2. The van der Waals surface area contributed by atoms with Crippen molar-refractivity contribution < 1.29 is 41.4 Å². The predicted molar refractivity (Wildman–Crippen MR) is 133 cm³/mol. The molecule has 0 bridgehead atoms. The molecule has 0 aromatic heterocycles. The van der Waals surface area contributed by atoms with Gasteiger partial charge in [0.15, 0.2) is 0 Å². The maximum absolute atomic E-state index is 13.2. The molecule has 0 saturated carbocycles. The van der Waals surface area contributed by atoms with Crippen molar-refractivity contribution in [2.75, 3.05) is 37.2 Å². The molecule has 0 aliphatic heterocycles. The van der Waals surface area contributed by atoms with Crippen molar-refractivity contribution in [2.24, 2.45) is 0 Å². The molecule has 4 N–H and O–H groups in total. The van der Waals surface area contributed by atoms with Crippen LogP contribution in [0.1, 0.15) is 40.7 Å². The van der Waals surface area contributed by atoms with Crippen LogP contribution in [0.25, 0.3) is 0 Å². The highest BCUT2D eigenvalue weighted by atomic mass is 32.2. The van der Waals surface area contributed by atoms with E-state index in [1.165, 1.54) is 6.07 Å². The molecule has 2 aromatic rings. The summed E-state index contributed by atoms with van der Waals surface area (Å²) in [7, 11) is 0.00784. The average molecular weight is 546 g/mol. The van der Waals surface area contributed by atoms with Crippen molar-refractivity contribution in [3.05, 3.63) is 53.1 Å². The molecule has 13 heteroatoms. The number of rotatable bonds is 9. The van der Waals surface area contributed by atoms with Crippen molar-refractivity contribution in [1.29, 1.82) is 0 Å². The number of hydrogen-bond donors (Lipinski definition) is 4. The third-order valence-electron chi connectivity index (χ3n) is 5.51. The number of nitrogens with one attached hydrogen (secondary N) is 2. The fourth-order valence-electron chi connectivity index (χ4n) is 3.82. The number of fused-ring (bicyclic) bond motifs is 1. The quantitative estimate of drug-likeness (QED) is 0.347. The third-order valence-corrected chi connectivity index (χ3v) is 6.93. The second kappa shape index (κ2) is 12.8. The summed E-state index contributed by atoms with van der Waals surface area (Å²) >= 11 is 0. The molecule has 0 radical (unpaired) electrons. The summed E-state index contributed by atoms with van der Waals surface area (Å²) in [6.07, 6.45) is -0.825. The van der Waals surface area contributed by atoms with E-state index in [0.717, 1.165) is 43.4 Å². The lowest BCUT2D eigenvalue weighted by molar-refractivity contribution is -0.192. The first-order valence-corrected chi connectivity index (χ1v) is 12.9. The van der Waals surface area contributed by atoms with E-state index in [9.17, 15) is 31.5 Å². The molecule has 0 spiro atoms. The molecule has 1 aliphatic carbocycles. The first kappa shape index (κ1) is 29.9. The molecule has 3 rings (SSSR count). The van der Waals surface area contributed by atoms with E-state index in [4.69, 9.17) is 9.90 Å². The molecule has 9 nitrogen and oxygen atoms in total. The standard InChI is InChI=1S/C22H29N3O4S.C2HF3O2/c1-25(2)15-7-14-23-18-10-5-6-11-20(18)30(28,29)24-19-13-12-16-8-3-4-9-17(16)21(19)22(26)27;3-2(4,5)1(6)7/h5-6,10-13,23-24H,3-4,7-9,14-15H2,1-2H3,(H,26,27);(H,6,7). The second-order valence-corrected chi connectivity index (χ2v) is 10.3. The Labute approximate surface area is 213 Å². The summed E-state index contributed by atoms with van der Waals surface area (Å²) in [5.41, 5.74) is 2.41. The van der Waals surface area contributed by atoms with Crippen LogP contribution >= 0.6 is 0 Å². The normalized spacial score (nSPS) is 13.2. The number of aliphatic carboxylic acids is 1. The summed E-state index contributed by atoms with van der Waals surface area (Å²) < 4.78 is 60.6. The highest BCUT2D eigenvalue weighted by molar-refractivity contribution is 7.92. The number of alkyl halides is 3. The molecule has 0 fully saturated rings. The van der Waals surface area contributed by atoms with Gasteiger partial charge in [0, 0.05) is 6.54 Å². The molecule has 37 heavy (non-hydrogen) atoms. The molecule has 0 atom stereocenters. The van der Waals surface area contributed by atoms with Crippen LogP contribution in [0, 0.1) is 0 Å². The lowest BCUT2D eigenvalue weighted by Gasteiger charge is -2.21. The number of sulfonamides is 1. The summed E-state index contributed by atoms with van der Waals surface area (Å²) in [6, 6.07) is 10.1. The van der Waals surface area contributed by atoms with Gasteiger partial charge in [-0.2, -0.15) is 13.2 Å². The predicted octanol–water partition coefficient (Wildman–Crippen LogP) is 4.06. The number of carboxylic acids is 2. The number of aromatic carboxylic acids is 1. The van der Waals surface area contributed by atoms with E-state index in [1.807, 2.05) is 20.2 Å². The minimum Gasteiger partial charge on any atom is -0.478 e. The maximum Gasteiger partial charge on any atom is 0.490 e. The van der Waals surface area contributed by atoms with Gasteiger partial charge in [-0.05, 0) is 82.1 Å². The molecular weight excluding hydrogens is 515 g/mol. The smallest absolute Gasteiger partial charge is 0.478 e. The van der Waals surface area contributed by atoms with E-state index in [-0.39, 0.29) is 16.1 Å². The zero-order valence-corrected chi connectivity index (χ0v) is 21.2. The summed E-state index contributed by atoms with van der Waals surface area (Å²) in [4.78, 5) is 23.0. The maximum atomic E-state index is 13.2. The minimum absolute atomic E-state index is 0.0622. The molecule has 0 saturated heterocycles. The zero-order chi connectivity index (χ0) is 27.8. The Morgan fingerprint density at radius 1 is 1.00 bits per heavy atom. The van der Waals surface area contributed by atoms with Crippen molar-refractivity contribution in [2.45, 2.75) is 43.2 Å². The highest BCUT2D eigenvalue weighted by Crippen LogP contribution is 2.32. The van der Waals surface area contributed by atoms with Crippen molar-refractivity contribution in [1.82, 2.24) is 4.90 Å². The van der Waals surface area contributed by atoms with Crippen LogP contribution in [-0.4, -0.2) is 68.8 Å². The number of benzene rings is 2. The van der Waals surface area contributed by atoms with Gasteiger partial charge in [0.2, 0.25) is 0 Å². The number of para-hydroxylation sites is 1. The van der Waals surface area contributed by atoms with Crippen molar-refractivity contribution in [3.8, 4) is 0 Å². The zero-order valence-electron chi connectivity index (χ0n) is 20.4. The summed E-state index contributed by atoms with van der Waals surface area (Å²) in [6.45, 7) is 1.52. The van der Waals surface area contributed by atoms with E-state index < -0.39 is 28.1 Å². The Balaban J connectivity index is 0.000000604. The number of aryl methyl sites for hydroxylation is 1. The van der Waals surface area contributed by atoms with Gasteiger partial charge in [-0.25, -0.2) is 18.0 Å². The molecule has 0 amide bonds. The van der Waals surface area contributed by atoms with E-state index >= 15 is 0 Å². The van der Waals surface area contributed by atoms with Gasteiger partial charge in [-0.1, -0.05) is 18.2 Å². The lowest BCUT2D eigenvalue weighted by Crippen LogP contribution is -2.21. The van der Waals surface area contributed by atoms with E-state index in [0.29, 0.717) is 18.7 Å². The van der Waals surface area contributed by atoms with Crippen LogP contribution in [0.5, 0.6) is 0 Å². The van der Waals surface area contributed by atoms with Crippen LogP contribution in [0.2, 0.25) is 0 Å². The SMILES string of the molecule is CN(C)CCCNc1ccccc1S(=O)(=O)Nc1ccc2c(c1C(=O)O)CCCC2.O=C(O)C(F)(F)F. The van der Waals surface area contributed by atoms with E-state index in [1.54, 1.807) is 24.3 Å². The Morgan fingerprint density at radius 3 is 2.22 bits per heavy atom. The summed E-state index contributed by atoms with van der Waals surface area (Å²) in [5, 5.41) is 20.1. The number of hydrogen-bond acceptors (Lipinski definition) is 6. The van der Waals surface area contributed by atoms with Gasteiger partial charge in [-0.3, -0.25) is 4.72 Å². The Kier molecular flexibility index (Phi) is 10.3. The third kappa shape index (κ3) is 8.64. The monoisotopic (exact) mass is 545 g/mol. The first-order chi connectivity index (χ1) is 17.2. The van der Waals surface area contributed by atoms with Crippen LogP contribution in [0.15, 0.2) is 41.3 Å². The number of anilines is 2. The second-order valence-electron chi connectivity index (χ2n) is 8.63. The molecule has 2 aromatic carbocycles. The Bertz CT molecular complexity index is 1220. The first-order valence-electron chi connectivity index (χ1n) is 11.4. The topological polar surface area (TPSA) is 136 Å². The van der Waals surface area contributed by atoms with Gasteiger partial charge in [-0.15, -0.1) is 0 Å². The van der Waals surface area contributed by atoms with Crippen molar-refractivity contribution >= 4 is 33.3 Å². The van der Waals surface area contributed by atoms with Gasteiger partial charge in [0.25, 0.3) is 10.0 Å². The van der Waals surface area contributed by atoms with Gasteiger partial charge in [0.1, 0.15) is 4.90 Å². The van der Waals surface area contributed by atoms with Gasteiger partial charge in [0.05, 0.1) is 16.9 Å². The van der Waals surface area contributed by atoms with Gasteiger partial charge >= 0.3 is 18.1 Å². The van der Waals surface area contributed by atoms with Crippen LogP contribution in [-0.2, 0) is 27.7 Å². The molecule has 1 aliphatic rings. The van der Waals surface area contributed by atoms with Crippen molar-refractivity contribution in [3.63, 3.8) is 0 Å². The minimum atomic E-state index is -5.08. The van der Waals surface area contributed by atoms with Gasteiger partial charge < -0.3 is 20.4 Å². The molecule has 0 unspecified atom stereocenters. The lowest BCUT2D eigenvalue weighted by atomic mass is 9.87.